The van der Waals surface area contributed by atoms with Crippen LogP contribution < -0.4 is 5.32 Å². The second kappa shape index (κ2) is 9.22. The van der Waals surface area contributed by atoms with Crippen LogP contribution >= 0.6 is 11.8 Å². The Kier molecular flexibility index (Phi) is 8.36. The minimum absolute atomic E-state index is 0.727. The number of rotatable bonds is 8. The third-order valence-corrected chi connectivity index (χ3v) is 4.60. The average molecular weight is 273 g/mol. The predicted molar refractivity (Wildman–Crippen MR) is 84.5 cm³/mol. The number of thioether (sulfide) groups is 1. The highest BCUT2D eigenvalue weighted by Crippen LogP contribution is 2.17. The van der Waals surface area contributed by atoms with Gasteiger partial charge in [-0.3, -0.25) is 4.90 Å². The predicted octanol–water partition coefficient (Wildman–Crippen LogP) is 3.23. The summed E-state index contributed by atoms with van der Waals surface area (Å²) in [6, 6.07) is 1.49. The van der Waals surface area contributed by atoms with E-state index >= 15 is 0 Å². The van der Waals surface area contributed by atoms with E-state index in [1.54, 1.807) is 0 Å². The van der Waals surface area contributed by atoms with Gasteiger partial charge in [0.1, 0.15) is 0 Å². The standard InChI is InChI=1S/C15H32N2S/c1-5-7-14-12-17(8-9-18-6-2)15(11-16-14)10-13(3)4/h13-16H,5-12H2,1-4H3. The molecule has 0 aromatic carbocycles. The lowest BCUT2D eigenvalue weighted by Gasteiger charge is -2.41. The van der Waals surface area contributed by atoms with Crippen molar-refractivity contribution in [3.8, 4) is 0 Å². The maximum absolute atomic E-state index is 3.75. The van der Waals surface area contributed by atoms with Crippen molar-refractivity contribution in [2.75, 3.05) is 31.1 Å². The van der Waals surface area contributed by atoms with E-state index in [4.69, 9.17) is 0 Å². The summed E-state index contributed by atoms with van der Waals surface area (Å²) in [5.41, 5.74) is 0. The summed E-state index contributed by atoms with van der Waals surface area (Å²) in [6.07, 6.45) is 3.96. The lowest BCUT2D eigenvalue weighted by atomic mass is 9.98. The molecule has 1 rings (SSSR count). The molecule has 0 saturated carbocycles. The molecule has 0 aliphatic carbocycles. The summed E-state index contributed by atoms with van der Waals surface area (Å²) in [7, 11) is 0. The van der Waals surface area contributed by atoms with Crippen molar-refractivity contribution < 1.29 is 0 Å². The highest BCUT2D eigenvalue weighted by molar-refractivity contribution is 7.99. The molecule has 0 radical (unpaired) electrons. The van der Waals surface area contributed by atoms with Crippen molar-refractivity contribution in [3.63, 3.8) is 0 Å². The minimum Gasteiger partial charge on any atom is -0.311 e. The molecule has 1 fully saturated rings. The summed E-state index contributed by atoms with van der Waals surface area (Å²) < 4.78 is 0. The molecule has 108 valence electrons. The smallest absolute Gasteiger partial charge is 0.0224 e. The lowest BCUT2D eigenvalue weighted by molar-refractivity contribution is 0.118. The van der Waals surface area contributed by atoms with Crippen LogP contribution in [0, 0.1) is 5.92 Å². The van der Waals surface area contributed by atoms with E-state index in [-0.39, 0.29) is 0 Å². The summed E-state index contributed by atoms with van der Waals surface area (Å²) in [5.74, 6) is 3.35. The van der Waals surface area contributed by atoms with Gasteiger partial charge in [-0.2, -0.15) is 11.8 Å². The van der Waals surface area contributed by atoms with E-state index in [1.807, 2.05) is 0 Å². The van der Waals surface area contributed by atoms with Crippen molar-refractivity contribution in [2.45, 2.75) is 59.0 Å². The fourth-order valence-corrected chi connectivity index (χ4v) is 3.50. The van der Waals surface area contributed by atoms with Crippen LogP contribution in [-0.2, 0) is 0 Å². The fourth-order valence-electron chi connectivity index (χ4n) is 2.85. The van der Waals surface area contributed by atoms with Crippen LogP contribution in [-0.4, -0.2) is 48.1 Å². The van der Waals surface area contributed by atoms with Gasteiger partial charge in [-0.05, 0) is 24.5 Å². The Balaban J connectivity index is 2.44. The molecule has 0 amide bonds. The van der Waals surface area contributed by atoms with Gasteiger partial charge >= 0.3 is 0 Å². The second-order valence-electron chi connectivity index (χ2n) is 5.87. The highest BCUT2D eigenvalue weighted by atomic mass is 32.2. The van der Waals surface area contributed by atoms with Crippen molar-refractivity contribution in [2.24, 2.45) is 5.92 Å². The third kappa shape index (κ3) is 5.94. The van der Waals surface area contributed by atoms with Crippen molar-refractivity contribution >= 4 is 11.8 Å². The molecule has 0 aromatic rings. The van der Waals surface area contributed by atoms with Gasteiger partial charge in [0.05, 0.1) is 0 Å². The zero-order valence-corrected chi connectivity index (χ0v) is 13.6. The first-order valence-corrected chi connectivity index (χ1v) is 8.88. The van der Waals surface area contributed by atoms with Crippen LogP contribution in [0.1, 0.15) is 47.0 Å². The van der Waals surface area contributed by atoms with E-state index in [1.165, 1.54) is 50.4 Å². The van der Waals surface area contributed by atoms with Gasteiger partial charge < -0.3 is 5.32 Å². The van der Waals surface area contributed by atoms with E-state index in [0.29, 0.717) is 0 Å². The Labute approximate surface area is 118 Å². The van der Waals surface area contributed by atoms with Gasteiger partial charge in [0, 0.05) is 37.5 Å². The molecule has 3 heteroatoms. The summed E-state index contributed by atoms with van der Waals surface area (Å²) in [5, 5.41) is 3.75. The quantitative estimate of drug-likeness (QED) is 0.683. The summed E-state index contributed by atoms with van der Waals surface area (Å²) in [6.45, 7) is 13.0. The number of hydrogen-bond donors (Lipinski definition) is 1. The van der Waals surface area contributed by atoms with Crippen molar-refractivity contribution in [1.29, 1.82) is 0 Å². The maximum atomic E-state index is 3.75. The Hall–Kier alpha value is 0.270. The van der Waals surface area contributed by atoms with Crippen LogP contribution in [0.5, 0.6) is 0 Å². The molecular formula is C15H32N2S. The average Bonchev–Trinajstić information content (AvgIpc) is 2.32. The molecule has 1 aliphatic rings. The molecule has 1 heterocycles. The molecule has 1 aliphatic heterocycles. The van der Waals surface area contributed by atoms with Gasteiger partial charge in [-0.1, -0.05) is 34.1 Å². The second-order valence-corrected chi connectivity index (χ2v) is 7.26. The van der Waals surface area contributed by atoms with Gasteiger partial charge in [-0.15, -0.1) is 0 Å². The molecule has 0 bridgehead atoms. The van der Waals surface area contributed by atoms with Crippen LogP contribution in [0.3, 0.4) is 0 Å². The molecule has 2 atom stereocenters. The molecule has 1 saturated heterocycles. The van der Waals surface area contributed by atoms with Crippen LogP contribution in [0.25, 0.3) is 0 Å². The molecule has 1 N–H and O–H groups in total. The van der Waals surface area contributed by atoms with Gasteiger partial charge in [0.2, 0.25) is 0 Å². The Morgan fingerprint density at radius 3 is 2.72 bits per heavy atom. The first-order chi connectivity index (χ1) is 8.67. The molecule has 0 spiro atoms. The van der Waals surface area contributed by atoms with Gasteiger partial charge in [-0.25, -0.2) is 0 Å². The normalized spacial score (nSPS) is 25.8. The highest BCUT2D eigenvalue weighted by Gasteiger charge is 2.27. The third-order valence-electron chi connectivity index (χ3n) is 3.72. The summed E-state index contributed by atoms with van der Waals surface area (Å²) >= 11 is 2.08. The number of piperazine rings is 1. The SMILES string of the molecule is CCCC1CN(CCSCC)C(CC(C)C)CN1. The Bertz CT molecular complexity index is 209. The number of hydrogen-bond acceptors (Lipinski definition) is 3. The molecular weight excluding hydrogens is 240 g/mol. The first kappa shape index (κ1) is 16.3. The minimum atomic E-state index is 0.727. The zero-order chi connectivity index (χ0) is 13.4. The van der Waals surface area contributed by atoms with Gasteiger partial charge in [0.25, 0.3) is 0 Å². The van der Waals surface area contributed by atoms with Crippen LogP contribution in [0.15, 0.2) is 0 Å². The fraction of sp³-hybridized carbons (Fsp3) is 1.00. The van der Waals surface area contributed by atoms with Gasteiger partial charge in [0.15, 0.2) is 0 Å². The monoisotopic (exact) mass is 272 g/mol. The Morgan fingerprint density at radius 1 is 1.33 bits per heavy atom. The van der Waals surface area contributed by atoms with Crippen LogP contribution in [0.2, 0.25) is 0 Å². The summed E-state index contributed by atoms with van der Waals surface area (Å²) in [4.78, 5) is 2.75. The van der Waals surface area contributed by atoms with E-state index in [2.05, 4.69) is 49.7 Å². The largest absolute Gasteiger partial charge is 0.311 e. The lowest BCUT2D eigenvalue weighted by Crippen LogP contribution is -2.57. The van der Waals surface area contributed by atoms with E-state index in [9.17, 15) is 0 Å². The molecule has 2 nitrogen and oxygen atoms in total. The van der Waals surface area contributed by atoms with Crippen LogP contribution in [0.4, 0.5) is 0 Å². The number of nitrogens with one attached hydrogen (secondary N) is 1. The topological polar surface area (TPSA) is 15.3 Å². The number of nitrogens with zero attached hydrogens (tertiary/aromatic N) is 1. The first-order valence-electron chi connectivity index (χ1n) is 7.72. The van der Waals surface area contributed by atoms with E-state index < -0.39 is 0 Å². The Morgan fingerprint density at radius 2 is 2.11 bits per heavy atom. The zero-order valence-electron chi connectivity index (χ0n) is 12.7. The molecule has 0 aromatic heterocycles. The van der Waals surface area contributed by atoms with Crippen molar-refractivity contribution in [1.82, 2.24) is 10.2 Å². The molecule has 2 unspecified atom stereocenters. The van der Waals surface area contributed by atoms with Crippen molar-refractivity contribution in [3.05, 3.63) is 0 Å². The van der Waals surface area contributed by atoms with E-state index in [0.717, 1.165) is 18.0 Å². The maximum Gasteiger partial charge on any atom is 0.0224 e. The molecule has 18 heavy (non-hydrogen) atoms.